The lowest BCUT2D eigenvalue weighted by Crippen LogP contribution is -2.18. The van der Waals surface area contributed by atoms with Gasteiger partial charge in [0.15, 0.2) is 0 Å². The second-order valence-electron chi connectivity index (χ2n) is 4.20. The molecule has 5 heteroatoms. The first kappa shape index (κ1) is 14.4. The molecule has 18 heavy (non-hydrogen) atoms. The molecule has 0 amide bonds. The van der Waals surface area contributed by atoms with Gasteiger partial charge in [0.05, 0.1) is 6.61 Å². The zero-order valence-electron chi connectivity index (χ0n) is 11.3. The van der Waals surface area contributed by atoms with Gasteiger partial charge in [-0.1, -0.05) is 0 Å². The minimum Gasteiger partial charge on any atom is -0.462 e. The summed E-state index contributed by atoms with van der Waals surface area (Å²) in [5.41, 5.74) is 0.490. The summed E-state index contributed by atoms with van der Waals surface area (Å²) in [6.45, 7) is 3.93. The molecule has 0 radical (unpaired) electrons. The summed E-state index contributed by atoms with van der Waals surface area (Å²) in [6.07, 6.45) is 2.66. The highest BCUT2D eigenvalue weighted by Crippen LogP contribution is 2.12. The summed E-state index contributed by atoms with van der Waals surface area (Å²) in [4.78, 5) is 18.0. The van der Waals surface area contributed by atoms with Crippen LogP contribution in [0.25, 0.3) is 0 Å². The van der Waals surface area contributed by atoms with Crippen LogP contribution in [0.1, 0.15) is 23.7 Å². The fourth-order valence-electron chi connectivity index (χ4n) is 1.52. The van der Waals surface area contributed by atoms with E-state index in [2.05, 4.69) is 15.2 Å². The monoisotopic (exact) mass is 251 g/mol. The molecule has 100 valence electrons. The summed E-state index contributed by atoms with van der Waals surface area (Å²) in [5.74, 6) is 0.260. The molecule has 0 aromatic carbocycles. The highest BCUT2D eigenvalue weighted by molar-refractivity contribution is 5.94. The van der Waals surface area contributed by atoms with Gasteiger partial charge in [0.1, 0.15) is 11.4 Å². The van der Waals surface area contributed by atoms with Gasteiger partial charge in [0.2, 0.25) is 0 Å². The molecule has 0 fully saturated rings. The SMILES string of the molecule is CCOC(=O)c1cccnc1NCCCN(C)C. The Morgan fingerprint density at radius 3 is 2.94 bits per heavy atom. The van der Waals surface area contributed by atoms with E-state index < -0.39 is 0 Å². The number of carbonyl (C=O) groups excluding carboxylic acids is 1. The van der Waals surface area contributed by atoms with E-state index in [0.29, 0.717) is 18.0 Å². The zero-order chi connectivity index (χ0) is 13.4. The van der Waals surface area contributed by atoms with Crippen LogP contribution in [-0.4, -0.2) is 49.6 Å². The molecule has 0 saturated carbocycles. The number of hydrogen-bond donors (Lipinski definition) is 1. The molecule has 0 aliphatic carbocycles. The largest absolute Gasteiger partial charge is 0.462 e. The third-order valence-corrected chi connectivity index (χ3v) is 2.38. The fraction of sp³-hybridized carbons (Fsp3) is 0.538. The first-order valence-electron chi connectivity index (χ1n) is 6.16. The number of carbonyl (C=O) groups is 1. The molecule has 0 saturated heterocycles. The quantitative estimate of drug-likeness (QED) is 0.589. The fourth-order valence-corrected chi connectivity index (χ4v) is 1.52. The lowest BCUT2D eigenvalue weighted by Gasteiger charge is -2.12. The van der Waals surface area contributed by atoms with E-state index >= 15 is 0 Å². The van der Waals surface area contributed by atoms with Crippen LogP contribution in [0.2, 0.25) is 0 Å². The van der Waals surface area contributed by atoms with E-state index in [9.17, 15) is 4.79 Å². The van der Waals surface area contributed by atoms with Crippen LogP contribution >= 0.6 is 0 Å². The van der Waals surface area contributed by atoms with E-state index in [1.54, 1.807) is 25.3 Å². The number of nitrogens with one attached hydrogen (secondary N) is 1. The van der Waals surface area contributed by atoms with Crippen molar-refractivity contribution in [3.05, 3.63) is 23.9 Å². The van der Waals surface area contributed by atoms with Gasteiger partial charge in [-0.25, -0.2) is 9.78 Å². The van der Waals surface area contributed by atoms with Crippen LogP contribution in [0.15, 0.2) is 18.3 Å². The van der Waals surface area contributed by atoms with Gasteiger partial charge >= 0.3 is 5.97 Å². The van der Waals surface area contributed by atoms with Crippen molar-refractivity contribution >= 4 is 11.8 Å². The Balaban J connectivity index is 2.56. The van der Waals surface area contributed by atoms with Crippen molar-refractivity contribution in [1.82, 2.24) is 9.88 Å². The summed E-state index contributed by atoms with van der Waals surface area (Å²) in [5, 5.41) is 3.17. The van der Waals surface area contributed by atoms with Gasteiger partial charge < -0.3 is 15.0 Å². The van der Waals surface area contributed by atoms with Gasteiger partial charge in [-0.15, -0.1) is 0 Å². The molecule has 0 spiro atoms. The Bertz CT molecular complexity index is 380. The van der Waals surface area contributed by atoms with Gasteiger partial charge in [0, 0.05) is 12.7 Å². The number of ether oxygens (including phenoxy) is 1. The van der Waals surface area contributed by atoms with Crippen molar-refractivity contribution in [2.75, 3.05) is 39.1 Å². The van der Waals surface area contributed by atoms with Crippen molar-refractivity contribution in [2.24, 2.45) is 0 Å². The van der Waals surface area contributed by atoms with E-state index in [1.165, 1.54) is 0 Å². The molecule has 0 unspecified atom stereocenters. The molecule has 1 aromatic rings. The topological polar surface area (TPSA) is 54.5 Å². The number of hydrogen-bond acceptors (Lipinski definition) is 5. The molecule has 0 bridgehead atoms. The minimum atomic E-state index is -0.333. The van der Waals surface area contributed by atoms with Crippen molar-refractivity contribution in [3.63, 3.8) is 0 Å². The van der Waals surface area contributed by atoms with Crippen LogP contribution in [0.3, 0.4) is 0 Å². The van der Waals surface area contributed by atoms with Gasteiger partial charge in [-0.3, -0.25) is 0 Å². The third-order valence-electron chi connectivity index (χ3n) is 2.38. The highest BCUT2D eigenvalue weighted by Gasteiger charge is 2.12. The zero-order valence-corrected chi connectivity index (χ0v) is 11.3. The van der Waals surface area contributed by atoms with E-state index in [0.717, 1.165) is 19.5 Å². The standard InChI is InChI=1S/C13H21N3O2/c1-4-18-13(17)11-7-5-8-14-12(11)15-9-6-10-16(2)3/h5,7-8H,4,6,9-10H2,1-3H3,(H,14,15). The molecule has 0 atom stereocenters. The summed E-state index contributed by atoms with van der Waals surface area (Å²) in [6, 6.07) is 3.45. The van der Waals surface area contributed by atoms with Crippen LogP contribution in [-0.2, 0) is 4.74 Å². The van der Waals surface area contributed by atoms with Crippen molar-refractivity contribution in [2.45, 2.75) is 13.3 Å². The number of esters is 1. The molecule has 1 rings (SSSR count). The number of nitrogens with zero attached hydrogens (tertiary/aromatic N) is 2. The maximum Gasteiger partial charge on any atom is 0.341 e. The molecule has 5 nitrogen and oxygen atoms in total. The average molecular weight is 251 g/mol. The number of aromatic nitrogens is 1. The van der Waals surface area contributed by atoms with Crippen LogP contribution in [0.5, 0.6) is 0 Å². The second kappa shape index (κ2) is 7.66. The number of rotatable bonds is 7. The first-order chi connectivity index (χ1) is 8.65. The highest BCUT2D eigenvalue weighted by atomic mass is 16.5. The molecule has 1 heterocycles. The Morgan fingerprint density at radius 1 is 1.50 bits per heavy atom. The maximum atomic E-state index is 11.7. The van der Waals surface area contributed by atoms with E-state index in [1.807, 2.05) is 14.1 Å². The number of anilines is 1. The smallest absolute Gasteiger partial charge is 0.341 e. The van der Waals surface area contributed by atoms with E-state index in [4.69, 9.17) is 4.74 Å². The van der Waals surface area contributed by atoms with E-state index in [-0.39, 0.29) is 5.97 Å². The molecule has 1 aromatic heterocycles. The average Bonchev–Trinajstić information content (AvgIpc) is 2.35. The number of pyridine rings is 1. The molecule has 0 aliphatic rings. The van der Waals surface area contributed by atoms with Crippen molar-refractivity contribution < 1.29 is 9.53 Å². The maximum absolute atomic E-state index is 11.7. The normalized spacial score (nSPS) is 10.4. The lowest BCUT2D eigenvalue weighted by molar-refractivity contribution is 0.0527. The minimum absolute atomic E-state index is 0.333. The Labute approximate surface area is 108 Å². The predicted octanol–water partition coefficient (Wildman–Crippen LogP) is 1.62. The Morgan fingerprint density at radius 2 is 2.28 bits per heavy atom. The summed E-state index contributed by atoms with van der Waals surface area (Å²) < 4.78 is 4.99. The molecule has 0 aliphatic heterocycles. The summed E-state index contributed by atoms with van der Waals surface area (Å²) in [7, 11) is 4.07. The van der Waals surface area contributed by atoms with Crippen LogP contribution in [0.4, 0.5) is 5.82 Å². The summed E-state index contributed by atoms with van der Waals surface area (Å²) >= 11 is 0. The van der Waals surface area contributed by atoms with Crippen LogP contribution in [0, 0.1) is 0 Å². The Kier molecular flexibility index (Phi) is 6.14. The predicted molar refractivity (Wildman–Crippen MR) is 71.9 cm³/mol. The molecular weight excluding hydrogens is 230 g/mol. The third kappa shape index (κ3) is 4.71. The first-order valence-corrected chi connectivity index (χ1v) is 6.16. The lowest BCUT2D eigenvalue weighted by atomic mass is 10.2. The van der Waals surface area contributed by atoms with Gasteiger partial charge in [0.25, 0.3) is 0 Å². The van der Waals surface area contributed by atoms with Crippen molar-refractivity contribution in [1.29, 1.82) is 0 Å². The van der Waals surface area contributed by atoms with Gasteiger partial charge in [-0.05, 0) is 46.1 Å². The molecular formula is C13H21N3O2. The molecule has 1 N–H and O–H groups in total. The Hall–Kier alpha value is -1.62. The van der Waals surface area contributed by atoms with Crippen LogP contribution < -0.4 is 5.32 Å². The van der Waals surface area contributed by atoms with Crippen molar-refractivity contribution in [3.8, 4) is 0 Å². The second-order valence-corrected chi connectivity index (χ2v) is 4.20. The van der Waals surface area contributed by atoms with Gasteiger partial charge in [-0.2, -0.15) is 0 Å².